The number of halogens is 1. The van der Waals surface area contributed by atoms with Crippen LogP contribution in [0.3, 0.4) is 0 Å². The molecule has 0 atom stereocenters. The highest BCUT2D eigenvalue weighted by Gasteiger charge is 2.29. The van der Waals surface area contributed by atoms with Gasteiger partial charge in [0.2, 0.25) is 6.79 Å². The van der Waals surface area contributed by atoms with Crippen molar-refractivity contribution >= 4 is 0 Å². The van der Waals surface area contributed by atoms with Gasteiger partial charge in [-0.05, 0) is 67.1 Å². The average molecular weight is 313 g/mol. The second kappa shape index (κ2) is 6.20. The lowest BCUT2D eigenvalue weighted by Gasteiger charge is -2.36. The van der Waals surface area contributed by atoms with E-state index in [4.69, 9.17) is 9.47 Å². The average Bonchev–Trinajstić information content (AvgIpc) is 2.98. The van der Waals surface area contributed by atoms with Crippen molar-refractivity contribution in [2.75, 3.05) is 13.3 Å². The van der Waals surface area contributed by atoms with Crippen molar-refractivity contribution in [2.24, 2.45) is 0 Å². The summed E-state index contributed by atoms with van der Waals surface area (Å²) in [4.78, 5) is 0. The lowest BCUT2D eigenvalue weighted by Crippen LogP contribution is -2.40. The van der Waals surface area contributed by atoms with Crippen LogP contribution in [-0.2, 0) is 6.42 Å². The fourth-order valence-electron chi connectivity index (χ4n) is 3.31. The Bertz CT molecular complexity index is 680. The molecule has 4 heteroatoms. The van der Waals surface area contributed by atoms with Crippen molar-refractivity contribution in [1.82, 2.24) is 5.32 Å². The van der Waals surface area contributed by atoms with Crippen LogP contribution in [-0.4, -0.2) is 19.4 Å². The van der Waals surface area contributed by atoms with Crippen molar-refractivity contribution in [3.05, 3.63) is 59.4 Å². The lowest BCUT2D eigenvalue weighted by atomic mass is 9.76. The van der Waals surface area contributed by atoms with Crippen LogP contribution in [0.5, 0.6) is 11.5 Å². The van der Waals surface area contributed by atoms with Crippen LogP contribution < -0.4 is 14.8 Å². The van der Waals surface area contributed by atoms with Crippen LogP contribution in [0.2, 0.25) is 0 Å². The highest BCUT2D eigenvalue weighted by molar-refractivity contribution is 5.44. The third-order valence-electron chi connectivity index (χ3n) is 4.76. The largest absolute Gasteiger partial charge is 0.454 e. The summed E-state index contributed by atoms with van der Waals surface area (Å²) >= 11 is 0. The van der Waals surface area contributed by atoms with Gasteiger partial charge < -0.3 is 14.8 Å². The zero-order chi connectivity index (χ0) is 15.6. The SMILES string of the molecule is Fc1ccc(C2CC(NCCc3ccc4c(c3)OCO4)C2)cc1. The number of hydrogen-bond donors (Lipinski definition) is 1. The zero-order valence-corrected chi connectivity index (χ0v) is 12.9. The predicted molar refractivity (Wildman–Crippen MR) is 86.4 cm³/mol. The van der Waals surface area contributed by atoms with E-state index in [1.165, 1.54) is 11.1 Å². The Hall–Kier alpha value is -2.07. The summed E-state index contributed by atoms with van der Waals surface area (Å²) in [6.45, 7) is 1.28. The number of fused-ring (bicyclic) bond motifs is 1. The second-order valence-corrected chi connectivity index (χ2v) is 6.31. The van der Waals surface area contributed by atoms with Gasteiger partial charge in [-0.1, -0.05) is 18.2 Å². The van der Waals surface area contributed by atoms with Gasteiger partial charge in [0.05, 0.1) is 0 Å². The van der Waals surface area contributed by atoms with Gasteiger partial charge in [-0.2, -0.15) is 0 Å². The summed E-state index contributed by atoms with van der Waals surface area (Å²) in [7, 11) is 0. The molecule has 3 nitrogen and oxygen atoms in total. The molecular weight excluding hydrogens is 293 g/mol. The van der Waals surface area contributed by atoms with Crippen LogP contribution >= 0.6 is 0 Å². The minimum atomic E-state index is -0.161. The van der Waals surface area contributed by atoms with E-state index in [2.05, 4.69) is 17.4 Å². The number of benzene rings is 2. The fourth-order valence-corrected chi connectivity index (χ4v) is 3.31. The predicted octanol–water partition coefficient (Wildman–Crippen LogP) is 3.63. The van der Waals surface area contributed by atoms with E-state index in [0.717, 1.165) is 37.3 Å². The van der Waals surface area contributed by atoms with E-state index >= 15 is 0 Å². The minimum absolute atomic E-state index is 0.161. The van der Waals surface area contributed by atoms with E-state index < -0.39 is 0 Å². The molecule has 1 saturated carbocycles. The molecule has 2 aromatic carbocycles. The molecule has 2 aromatic rings. The van der Waals surface area contributed by atoms with E-state index in [9.17, 15) is 4.39 Å². The molecule has 120 valence electrons. The summed E-state index contributed by atoms with van der Waals surface area (Å²) in [5.74, 6) is 2.09. The molecular formula is C19H20FNO2. The molecule has 0 unspecified atom stereocenters. The zero-order valence-electron chi connectivity index (χ0n) is 12.9. The maximum Gasteiger partial charge on any atom is 0.231 e. The normalized spacial score (nSPS) is 22.0. The van der Waals surface area contributed by atoms with E-state index in [1.54, 1.807) is 12.1 Å². The molecule has 1 aliphatic heterocycles. The van der Waals surface area contributed by atoms with Crippen molar-refractivity contribution in [1.29, 1.82) is 0 Å². The van der Waals surface area contributed by atoms with Gasteiger partial charge in [-0.15, -0.1) is 0 Å². The molecule has 1 aliphatic carbocycles. The summed E-state index contributed by atoms with van der Waals surface area (Å²) < 4.78 is 23.7. The smallest absolute Gasteiger partial charge is 0.231 e. The topological polar surface area (TPSA) is 30.5 Å². The summed E-state index contributed by atoms with van der Waals surface area (Å²) in [5, 5.41) is 3.60. The van der Waals surface area contributed by atoms with Gasteiger partial charge in [0.25, 0.3) is 0 Å². The van der Waals surface area contributed by atoms with Gasteiger partial charge in [0.15, 0.2) is 11.5 Å². The lowest BCUT2D eigenvalue weighted by molar-refractivity contribution is 0.174. The van der Waals surface area contributed by atoms with E-state index in [0.29, 0.717) is 18.8 Å². The molecule has 23 heavy (non-hydrogen) atoms. The quantitative estimate of drug-likeness (QED) is 0.914. The molecule has 0 spiro atoms. The molecule has 0 amide bonds. The second-order valence-electron chi connectivity index (χ2n) is 6.31. The number of hydrogen-bond acceptors (Lipinski definition) is 3. The summed E-state index contributed by atoms with van der Waals surface area (Å²) in [6.07, 6.45) is 3.24. The summed E-state index contributed by atoms with van der Waals surface area (Å²) in [6, 6.07) is 13.6. The first-order valence-corrected chi connectivity index (χ1v) is 8.15. The van der Waals surface area contributed by atoms with E-state index in [1.807, 2.05) is 18.2 Å². The molecule has 0 radical (unpaired) electrons. The van der Waals surface area contributed by atoms with Crippen molar-refractivity contribution in [3.63, 3.8) is 0 Å². The van der Waals surface area contributed by atoms with Crippen LogP contribution in [0.1, 0.15) is 29.9 Å². The molecule has 4 rings (SSSR count). The minimum Gasteiger partial charge on any atom is -0.454 e. The van der Waals surface area contributed by atoms with E-state index in [-0.39, 0.29) is 5.82 Å². The maximum atomic E-state index is 12.9. The monoisotopic (exact) mass is 313 g/mol. The van der Waals surface area contributed by atoms with Crippen LogP contribution in [0, 0.1) is 5.82 Å². The van der Waals surface area contributed by atoms with Crippen molar-refractivity contribution in [2.45, 2.75) is 31.2 Å². The molecule has 2 aliphatic rings. The molecule has 1 fully saturated rings. The van der Waals surface area contributed by atoms with Gasteiger partial charge in [0, 0.05) is 6.04 Å². The Kier molecular flexibility index (Phi) is 3.92. The first-order valence-electron chi connectivity index (χ1n) is 8.15. The fraction of sp³-hybridized carbons (Fsp3) is 0.368. The molecule has 0 saturated heterocycles. The third kappa shape index (κ3) is 3.17. The maximum absolute atomic E-state index is 12.9. The number of nitrogens with one attached hydrogen (secondary N) is 1. The number of ether oxygens (including phenoxy) is 2. The van der Waals surface area contributed by atoms with Gasteiger partial charge >= 0.3 is 0 Å². The van der Waals surface area contributed by atoms with Gasteiger partial charge in [-0.25, -0.2) is 4.39 Å². The Morgan fingerprint density at radius 3 is 2.61 bits per heavy atom. The Labute approximate surface area is 135 Å². The van der Waals surface area contributed by atoms with Gasteiger partial charge in [0.1, 0.15) is 5.82 Å². The molecule has 0 bridgehead atoms. The highest BCUT2D eigenvalue weighted by Crippen LogP contribution is 2.37. The first kappa shape index (κ1) is 14.5. The van der Waals surface area contributed by atoms with Gasteiger partial charge in [-0.3, -0.25) is 0 Å². The van der Waals surface area contributed by atoms with Crippen molar-refractivity contribution < 1.29 is 13.9 Å². The Morgan fingerprint density at radius 2 is 1.78 bits per heavy atom. The molecule has 1 heterocycles. The highest BCUT2D eigenvalue weighted by atomic mass is 19.1. The molecule has 1 N–H and O–H groups in total. The van der Waals surface area contributed by atoms with Crippen LogP contribution in [0.4, 0.5) is 4.39 Å². The number of rotatable bonds is 5. The van der Waals surface area contributed by atoms with Crippen molar-refractivity contribution in [3.8, 4) is 11.5 Å². The molecule has 0 aromatic heterocycles. The first-order chi connectivity index (χ1) is 11.3. The Balaban J connectivity index is 1.22. The third-order valence-corrected chi connectivity index (χ3v) is 4.76. The standard InChI is InChI=1S/C19H20FNO2/c20-16-4-2-14(3-5-16)15-10-17(11-15)21-8-7-13-1-6-18-19(9-13)23-12-22-18/h1-6,9,15,17,21H,7-8,10-12H2. The Morgan fingerprint density at radius 1 is 1.00 bits per heavy atom. The van der Waals surface area contributed by atoms with Crippen LogP contribution in [0.25, 0.3) is 0 Å². The summed E-state index contributed by atoms with van der Waals surface area (Å²) in [5.41, 5.74) is 2.51. The van der Waals surface area contributed by atoms with Crippen LogP contribution in [0.15, 0.2) is 42.5 Å².